The van der Waals surface area contributed by atoms with E-state index in [1.54, 1.807) is 7.11 Å². The van der Waals surface area contributed by atoms with Gasteiger partial charge in [0.15, 0.2) is 11.5 Å². The second-order valence-corrected chi connectivity index (χ2v) is 5.90. The summed E-state index contributed by atoms with van der Waals surface area (Å²) in [6.07, 6.45) is 0.523. The summed E-state index contributed by atoms with van der Waals surface area (Å²) in [5.74, 6) is 1.16. The maximum absolute atomic E-state index is 12.1. The summed E-state index contributed by atoms with van der Waals surface area (Å²) in [7, 11) is 1.63. The fraction of sp³-hybridized carbons (Fsp3) is 0.350. The molecule has 1 aliphatic heterocycles. The third kappa shape index (κ3) is 3.94. The largest absolute Gasteiger partial charge is 0.493 e. The molecule has 2 aromatic carbocycles. The van der Waals surface area contributed by atoms with E-state index in [-0.39, 0.29) is 12.0 Å². The minimum Gasteiger partial charge on any atom is -0.493 e. The van der Waals surface area contributed by atoms with Gasteiger partial charge in [0, 0.05) is 18.5 Å². The molecular weight excluding hydrogens is 318 g/mol. The van der Waals surface area contributed by atoms with Crippen molar-refractivity contribution >= 4 is 5.97 Å². The maximum Gasteiger partial charge on any atom is 0.323 e. The lowest BCUT2D eigenvalue weighted by Crippen LogP contribution is -2.42. The number of fused-ring (bicyclic) bond motifs is 1. The van der Waals surface area contributed by atoms with Crippen LogP contribution in [-0.4, -0.2) is 25.7 Å². The fourth-order valence-electron chi connectivity index (χ4n) is 3.00. The molecule has 1 aliphatic rings. The molecule has 0 radical (unpaired) electrons. The first-order chi connectivity index (χ1) is 12.2. The average Bonchev–Trinajstić information content (AvgIpc) is 2.66. The van der Waals surface area contributed by atoms with Crippen molar-refractivity contribution in [1.82, 2.24) is 5.32 Å². The monoisotopic (exact) mass is 341 g/mol. The Kier molecular flexibility index (Phi) is 5.56. The lowest BCUT2D eigenvalue weighted by atomic mass is 9.94. The van der Waals surface area contributed by atoms with Crippen molar-refractivity contribution in [2.75, 3.05) is 13.7 Å². The van der Waals surface area contributed by atoms with E-state index in [2.05, 4.69) is 5.32 Å². The van der Waals surface area contributed by atoms with Crippen molar-refractivity contribution in [1.29, 1.82) is 0 Å². The van der Waals surface area contributed by atoms with Crippen LogP contribution >= 0.6 is 0 Å². The fourth-order valence-corrected chi connectivity index (χ4v) is 3.00. The van der Waals surface area contributed by atoms with Crippen LogP contribution in [-0.2, 0) is 29.1 Å². The highest BCUT2D eigenvalue weighted by Gasteiger charge is 2.29. The summed E-state index contributed by atoms with van der Waals surface area (Å²) in [6.45, 7) is 3.24. The Balaban J connectivity index is 1.85. The van der Waals surface area contributed by atoms with Gasteiger partial charge in [0.2, 0.25) is 0 Å². The number of ether oxygens (including phenoxy) is 3. The molecule has 0 spiro atoms. The second kappa shape index (κ2) is 8.03. The highest BCUT2D eigenvalue weighted by Crippen LogP contribution is 2.37. The van der Waals surface area contributed by atoms with Crippen LogP contribution in [0.5, 0.6) is 11.5 Å². The first-order valence-corrected chi connectivity index (χ1v) is 8.48. The van der Waals surface area contributed by atoms with Crippen molar-refractivity contribution in [3.05, 3.63) is 59.2 Å². The Morgan fingerprint density at radius 2 is 2.00 bits per heavy atom. The number of carbonyl (C=O) groups is 1. The minimum absolute atomic E-state index is 0.232. The van der Waals surface area contributed by atoms with Gasteiger partial charge in [0.25, 0.3) is 0 Å². The van der Waals surface area contributed by atoms with Crippen LogP contribution in [0.15, 0.2) is 42.5 Å². The maximum atomic E-state index is 12.1. The zero-order valence-corrected chi connectivity index (χ0v) is 14.6. The highest BCUT2D eigenvalue weighted by molar-refractivity contribution is 5.77. The predicted molar refractivity (Wildman–Crippen MR) is 94.7 cm³/mol. The van der Waals surface area contributed by atoms with Gasteiger partial charge in [-0.25, -0.2) is 0 Å². The molecule has 0 amide bonds. The molecule has 5 nitrogen and oxygen atoms in total. The number of rotatable bonds is 6. The Hall–Kier alpha value is -2.53. The number of hydrogen-bond donors (Lipinski definition) is 1. The smallest absolute Gasteiger partial charge is 0.323 e. The number of hydrogen-bond acceptors (Lipinski definition) is 5. The van der Waals surface area contributed by atoms with E-state index in [0.29, 0.717) is 37.7 Å². The Morgan fingerprint density at radius 3 is 2.72 bits per heavy atom. The summed E-state index contributed by atoms with van der Waals surface area (Å²) < 4.78 is 16.7. The van der Waals surface area contributed by atoms with Crippen molar-refractivity contribution in [3.8, 4) is 11.5 Å². The zero-order valence-electron chi connectivity index (χ0n) is 14.6. The van der Waals surface area contributed by atoms with Gasteiger partial charge in [-0.2, -0.15) is 0 Å². The summed E-state index contributed by atoms with van der Waals surface area (Å²) in [4.78, 5) is 12.1. The van der Waals surface area contributed by atoms with E-state index >= 15 is 0 Å². The number of nitrogens with one attached hydrogen (secondary N) is 1. The van der Waals surface area contributed by atoms with Crippen LogP contribution in [0.2, 0.25) is 0 Å². The molecule has 25 heavy (non-hydrogen) atoms. The molecule has 1 atom stereocenters. The first kappa shape index (κ1) is 17.3. The predicted octanol–water partition coefficient (Wildman–Crippen LogP) is 2.85. The van der Waals surface area contributed by atoms with Gasteiger partial charge in [-0.3, -0.25) is 4.79 Å². The summed E-state index contributed by atoms with van der Waals surface area (Å²) in [5.41, 5.74) is 3.20. The summed E-state index contributed by atoms with van der Waals surface area (Å²) in [6, 6.07) is 13.5. The van der Waals surface area contributed by atoms with Crippen LogP contribution < -0.4 is 14.8 Å². The highest BCUT2D eigenvalue weighted by atomic mass is 16.5. The second-order valence-electron chi connectivity index (χ2n) is 5.90. The molecule has 1 heterocycles. The molecular formula is C20H23NO4. The molecule has 5 heteroatoms. The molecule has 0 saturated heterocycles. The van der Waals surface area contributed by atoms with E-state index in [1.807, 2.05) is 49.4 Å². The molecule has 0 fully saturated rings. The van der Waals surface area contributed by atoms with Crippen LogP contribution in [0, 0.1) is 0 Å². The molecule has 0 bridgehead atoms. The molecule has 0 aliphatic carbocycles. The van der Waals surface area contributed by atoms with E-state index < -0.39 is 0 Å². The van der Waals surface area contributed by atoms with E-state index in [9.17, 15) is 4.79 Å². The molecule has 132 valence electrons. The normalized spacial score (nSPS) is 16.0. The molecule has 1 unspecified atom stereocenters. The Bertz CT molecular complexity index is 730. The summed E-state index contributed by atoms with van der Waals surface area (Å²) in [5, 5.41) is 3.23. The van der Waals surface area contributed by atoms with E-state index in [0.717, 1.165) is 16.7 Å². The lowest BCUT2D eigenvalue weighted by Gasteiger charge is -2.27. The van der Waals surface area contributed by atoms with Gasteiger partial charge in [-0.1, -0.05) is 36.4 Å². The van der Waals surface area contributed by atoms with Crippen molar-refractivity contribution in [3.63, 3.8) is 0 Å². The van der Waals surface area contributed by atoms with Crippen molar-refractivity contribution in [2.45, 2.75) is 32.5 Å². The summed E-state index contributed by atoms with van der Waals surface area (Å²) >= 11 is 0. The molecule has 0 aromatic heterocycles. The van der Waals surface area contributed by atoms with E-state index in [1.165, 1.54) is 0 Å². The average molecular weight is 341 g/mol. The van der Waals surface area contributed by atoms with Crippen molar-refractivity contribution in [2.24, 2.45) is 0 Å². The van der Waals surface area contributed by atoms with Gasteiger partial charge >= 0.3 is 5.97 Å². The SMILES string of the molecule is CCOC(=O)C1Cc2c(ccc(OC)c2OCc2ccccc2)CN1. The van der Waals surface area contributed by atoms with Gasteiger partial charge in [-0.05, 0) is 24.1 Å². The standard InChI is InChI=1S/C20H23NO4/c1-3-24-20(22)17-11-16-15(12-21-17)9-10-18(23-2)19(16)25-13-14-7-5-4-6-8-14/h4-10,17,21H,3,11-13H2,1-2H3. The number of carbonyl (C=O) groups excluding carboxylic acids is 1. The zero-order chi connectivity index (χ0) is 17.6. The van der Waals surface area contributed by atoms with Gasteiger partial charge in [0.1, 0.15) is 12.6 Å². The molecule has 0 saturated carbocycles. The van der Waals surface area contributed by atoms with Gasteiger partial charge in [-0.15, -0.1) is 0 Å². The Morgan fingerprint density at radius 1 is 1.20 bits per heavy atom. The van der Waals surface area contributed by atoms with Crippen LogP contribution in [0.1, 0.15) is 23.6 Å². The number of esters is 1. The molecule has 3 rings (SSSR count). The first-order valence-electron chi connectivity index (χ1n) is 8.48. The number of benzene rings is 2. The van der Waals surface area contributed by atoms with E-state index in [4.69, 9.17) is 14.2 Å². The third-order valence-electron chi connectivity index (χ3n) is 4.29. The van der Waals surface area contributed by atoms with Gasteiger partial charge in [0.05, 0.1) is 13.7 Å². The van der Waals surface area contributed by atoms with Crippen LogP contribution in [0.4, 0.5) is 0 Å². The third-order valence-corrected chi connectivity index (χ3v) is 4.29. The van der Waals surface area contributed by atoms with Crippen molar-refractivity contribution < 1.29 is 19.0 Å². The Labute approximate surface area is 147 Å². The topological polar surface area (TPSA) is 56.8 Å². The minimum atomic E-state index is -0.362. The van der Waals surface area contributed by atoms with Gasteiger partial charge < -0.3 is 19.5 Å². The van der Waals surface area contributed by atoms with Crippen LogP contribution in [0.25, 0.3) is 0 Å². The number of methoxy groups -OCH3 is 1. The molecule has 2 aromatic rings. The van der Waals surface area contributed by atoms with Crippen LogP contribution in [0.3, 0.4) is 0 Å². The lowest BCUT2D eigenvalue weighted by molar-refractivity contribution is -0.145. The quantitative estimate of drug-likeness (QED) is 0.819. The molecule has 1 N–H and O–H groups in total.